The molecular weight excluding hydrogens is 320 g/mol. The molecule has 0 aromatic heterocycles. The number of hydrogen-bond donors (Lipinski definition) is 0. The number of carboxylic acids is 2. The summed E-state index contributed by atoms with van der Waals surface area (Å²) in [7, 11) is 0. The molecule has 0 saturated carbocycles. The van der Waals surface area contributed by atoms with Crippen LogP contribution in [0.15, 0.2) is 0 Å². The Morgan fingerprint density at radius 1 is 0.773 bits per heavy atom. The summed E-state index contributed by atoms with van der Waals surface area (Å²) in [6.07, 6.45) is 7.04. The summed E-state index contributed by atoms with van der Waals surface area (Å²) in [4.78, 5) is 20.7. The summed E-state index contributed by atoms with van der Waals surface area (Å²) in [5.41, 5.74) is 0. The fourth-order valence-corrected chi connectivity index (χ4v) is 1.88. The van der Waals surface area contributed by atoms with E-state index in [0.29, 0.717) is 12.8 Å². The SMILES string of the molecule is CCCCC(CC)C(=O)[O-].CCCCC(CC)C(=O)[O-].[O-2].[Ti+4]. The molecule has 0 bridgehead atoms. The van der Waals surface area contributed by atoms with Gasteiger partial charge in [0.15, 0.2) is 0 Å². The van der Waals surface area contributed by atoms with Crippen molar-refractivity contribution in [1.29, 1.82) is 0 Å². The average Bonchev–Trinajstić information content (AvgIpc) is 2.40. The van der Waals surface area contributed by atoms with E-state index in [4.69, 9.17) is 0 Å². The number of carbonyl (C=O) groups is 2. The van der Waals surface area contributed by atoms with Gasteiger partial charge in [-0.05, 0) is 37.5 Å². The molecule has 0 amide bonds. The molecule has 0 aliphatic heterocycles. The van der Waals surface area contributed by atoms with Gasteiger partial charge in [-0.2, -0.15) is 0 Å². The molecule has 0 aliphatic carbocycles. The molecule has 128 valence electrons. The van der Waals surface area contributed by atoms with Crippen LogP contribution in [0.4, 0.5) is 0 Å². The molecule has 0 fully saturated rings. The summed E-state index contributed by atoms with van der Waals surface area (Å²) >= 11 is 0. The van der Waals surface area contributed by atoms with E-state index in [0.717, 1.165) is 38.5 Å². The van der Waals surface area contributed by atoms with Crippen LogP contribution in [0.2, 0.25) is 0 Å². The van der Waals surface area contributed by atoms with Gasteiger partial charge in [-0.15, -0.1) is 0 Å². The molecule has 0 aromatic carbocycles. The average molecular weight is 350 g/mol. The van der Waals surface area contributed by atoms with Crippen molar-refractivity contribution in [1.82, 2.24) is 0 Å². The first-order valence-electron chi connectivity index (χ1n) is 7.86. The van der Waals surface area contributed by atoms with Crippen molar-refractivity contribution < 1.29 is 47.0 Å². The van der Waals surface area contributed by atoms with Crippen LogP contribution in [0.25, 0.3) is 0 Å². The summed E-state index contributed by atoms with van der Waals surface area (Å²) in [6, 6.07) is 0. The minimum Gasteiger partial charge on any atom is -2.00 e. The maximum Gasteiger partial charge on any atom is 4.00 e. The zero-order chi connectivity index (χ0) is 16.0. The number of unbranched alkanes of at least 4 members (excludes halogenated alkanes) is 2. The van der Waals surface area contributed by atoms with Crippen molar-refractivity contribution >= 4 is 11.9 Å². The van der Waals surface area contributed by atoms with Gasteiger partial charge >= 0.3 is 21.7 Å². The fraction of sp³-hybridized carbons (Fsp3) is 0.875. The quantitative estimate of drug-likeness (QED) is 0.559. The fourth-order valence-electron chi connectivity index (χ4n) is 1.88. The molecule has 2 atom stereocenters. The Morgan fingerprint density at radius 2 is 1.05 bits per heavy atom. The van der Waals surface area contributed by atoms with Crippen LogP contribution in [0.3, 0.4) is 0 Å². The standard InChI is InChI=1S/2C8H16O2.O.Ti/c2*1-3-5-6-7(4-2)8(9)10;;/h2*7H,3-6H2,1-2H3,(H,9,10);;/q;;-2;+4/p-2. The molecule has 22 heavy (non-hydrogen) atoms. The van der Waals surface area contributed by atoms with Gasteiger partial charge in [-0.3, -0.25) is 0 Å². The van der Waals surface area contributed by atoms with Gasteiger partial charge in [0.05, 0.1) is 0 Å². The maximum atomic E-state index is 10.3. The largest absolute Gasteiger partial charge is 4.00 e. The van der Waals surface area contributed by atoms with Gasteiger partial charge < -0.3 is 25.3 Å². The number of carboxylic acid groups (broad SMARTS) is 2. The molecule has 0 rings (SSSR count). The minimum atomic E-state index is -0.893. The maximum absolute atomic E-state index is 10.3. The Hall–Kier alpha value is -0.386. The van der Waals surface area contributed by atoms with E-state index >= 15 is 0 Å². The molecule has 0 heterocycles. The molecule has 5 nitrogen and oxygen atoms in total. The van der Waals surface area contributed by atoms with E-state index in [1.54, 1.807) is 0 Å². The second kappa shape index (κ2) is 20.6. The second-order valence-electron chi connectivity index (χ2n) is 5.13. The predicted octanol–water partition coefficient (Wildman–Crippen LogP) is 1.78. The van der Waals surface area contributed by atoms with Crippen molar-refractivity contribution in [3.05, 3.63) is 0 Å². The normalized spacial score (nSPS) is 11.8. The number of hydrogen-bond acceptors (Lipinski definition) is 4. The van der Waals surface area contributed by atoms with E-state index in [1.807, 2.05) is 13.8 Å². The molecule has 0 saturated heterocycles. The van der Waals surface area contributed by atoms with E-state index in [-0.39, 0.29) is 39.0 Å². The van der Waals surface area contributed by atoms with Gasteiger partial charge in [0, 0.05) is 11.9 Å². The zero-order valence-corrected chi connectivity index (χ0v) is 15.9. The third-order valence-electron chi connectivity index (χ3n) is 3.46. The second-order valence-corrected chi connectivity index (χ2v) is 5.13. The first-order chi connectivity index (χ1) is 9.44. The van der Waals surface area contributed by atoms with Gasteiger partial charge in [-0.25, -0.2) is 0 Å². The molecular formula is C16H30O5Ti. The van der Waals surface area contributed by atoms with E-state index < -0.39 is 11.9 Å². The number of aliphatic carboxylic acids is 2. The van der Waals surface area contributed by atoms with E-state index in [2.05, 4.69) is 13.8 Å². The van der Waals surface area contributed by atoms with Gasteiger partial charge in [0.25, 0.3) is 0 Å². The van der Waals surface area contributed by atoms with Crippen LogP contribution in [0.5, 0.6) is 0 Å². The predicted molar refractivity (Wildman–Crippen MR) is 77.3 cm³/mol. The Labute approximate surface area is 150 Å². The summed E-state index contributed by atoms with van der Waals surface area (Å²) in [6.45, 7) is 7.89. The number of rotatable bonds is 10. The van der Waals surface area contributed by atoms with E-state index in [1.165, 1.54) is 0 Å². The smallest absolute Gasteiger partial charge is 2.00 e. The topological polar surface area (TPSA) is 109 Å². The van der Waals surface area contributed by atoms with Gasteiger partial charge in [0.1, 0.15) is 0 Å². The third-order valence-corrected chi connectivity index (χ3v) is 3.46. The molecule has 6 heteroatoms. The van der Waals surface area contributed by atoms with Crippen LogP contribution in [-0.4, -0.2) is 11.9 Å². The molecule has 0 N–H and O–H groups in total. The molecule has 0 aliphatic rings. The number of carbonyl (C=O) groups excluding carboxylic acids is 2. The molecule has 2 unspecified atom stereocenters. The van der Waals surface area contributed by atoms with Crippen LogP contribution in [0.1, 0.15) is 79.1 Å². The van der Waals surface area contributed by atoms with E-state index in [9.17, 15) is 19.8 Å². The monoisotopic (exact) mass is 350 g/mol. The Morgan fingerprint density at radius 3 is 1.18 bits per heavy atom. The Balaban J connectivity index is -0.000000135. The Kier molecular flexibility index (Phi) is 27.7. The minimum absolute atomic E-state index is 0. The summed E-state index contributed by atoms with van der Waals surface area (Å²) in [5.74, 6) is -2.23. The van der Waals surface area contributed by atoms with Crippen LogP contribution >= 0.6 is 0 Å². The van der Waals surface area contributed by atoms with Gasteiger partial charge in [0.2, 0.25) is 0 Å². The molecule has 0 radical (unpaired) electrons. The molecule has 0 aromatic rings. The van der Waals surface area contributed by atoms with Crippen molar-refractivity contribution in [2.24, 2.45) is 11.8 Å². The first-order valence-corrected chi connectivity index (χ1v) is 7.86. The Bertz CT molecular complexity index is 233. The molecule has 0 spiro atoms. The van der Waals surface area contributed by atoms with Crippen molar-refractivity contribution in [3.63, 3.8) is 0 Å². The van der Waals surface area contributed by atoms with Crippen molar-refractivity contribution in [2.75, 3.05) is 0 Å². The van der Waals surface area contributed by atoms with Crippen LogP contribution in [-0.2, 0) is 36.8 Å². The van der Waals surface area contributed by atoms with Crippen LogP contribution < -0.4 is 10.2 Å². The summed E-state index contributed by atoms with van der Waals surface area (Å²) in [5, 5.41) is 20.7. The summed E-state index contributed by atoms with van der Waals surface area (Å²) < 4.78 is 0. The zero-order valence-electron chi connectivity index (χ0n) is 14.4. The van der Waals surface area contributed by atoms with Crippen molar-refractivity contribution in [3.8, 4) is 0 Å². The van der Waals surface area contributed by atoms with Gasteiger partial charge in [-0.1, -0.05) is 53.4 Å². The van der Waals surface area contributed by atoms with Crippen molar-refractivity contribution in [2.45, 2.75) is 79.1 Å². The first kappa shape index (κ1) is 29.6. The third kappa shape index (κ3) is 17.7. The van der Waals surface area contributed by atoms with Crippen LogP contribution in [0, 0.1) is 11.8 Å².